The summed E-state index contributed by atoms with van der Waals surface area (Å²) in [6.45, 7) is 4.12. The molecule has 0 aliphatic carbocycles. The van der Waals surface area contributed by atoms with Gasteiger partial charge in [0.1, 0.15) is 11.9 Å². The molecule has 0 radical (unpaired) electrons. The zero-order valence-electron chi connectivity index (χ0n) is 14.1. The van der Waals surface area contributed by atoms with Crippen molar-refractivity contribution in [1.82, 2.24) is 9.88 Å². The molecule has 1 aliphatic heterocycles. The van der Waals surface area contributed by atoms with E-state index in [9.17, 15) is 9.59 Å². The lowest BCUT2D eigenvalue weighted by atomic mass is 10.2. The van der Waals surface area contributed by atoms with Gasteiger partial charge < -0.3 is 10.1 Å². The van der Waals surface area contributed by atoms with Gasteiger partial charge in [-0.1, -0.05) is 30.3 Å². The molecule has 1 aromatic heterocycles. The summed E-state index contributed by atoms with van der Waals surface area (Å²) >= 11 is 0. The van der Waals surface area contributed by atoms with E-state index in [1.54, 1.807) is 12.1 Å². The van der Waals surface area contributed by atoms with E-state index in [1.807, 2.05) is 18.2 Å². The highest BCUT2D eigenvalue weighted by Gasteiger charge is 2.27. The molecule has 1 atom stereocenters. The summed E-state index contributed by atoms with van der Waals surface area (Å²) in [4.78, 5) is 30.0. The van der Waals surface area contributed by atoms with Gasteiger partial charge in [-0.2, -0.15) is 0 Å². The Hall–Kier alpha value is -2.57. The van der Waals surface area contributed by atoms with Gasteiger partial charge in [-0.25, -0.2) is 4.98 Å². The fourth-order valence-electron chi connectivity index (χ4n) is 2.73. The van der Waals surface area contributed by atoms with Crippen LogP contribution in [0.4, 0.5) is 5.82 Å². The van der Waals surface area contributed by atoms with Crippen LogP contribution in [0.15, 0.2) is 48.7 Å². The molecule has 3 rings (SSSR count). The first-order chi connectivity index (χ1) is 12.1. The normalized spacial score (nSPS) is 17.9. The van der Waals surface area contributed by atoms with Crippen molar-refractivity contribution in [1.29, 1.82) is 0 Å². The molecule has 1 fully saturated rings. The lowest BCUT2D eigenvalue weighted by molar-refractivity contribution is -0.133. The van der Waals surface area contributed by atoms with Gasteiger partial charge in [-0.3, -0.25) is 14.5 Å². The second-order valence-electron chi connectivity index (χ2n) is 6.06. The van der Waals surface area contributed by atoms with Crippen LogP contribution in [-0.4, -0.2) is 47.4 Å². The van der Waals surface area contributed by atoms with Gasteiger partial charge in [-0.15, -0.1) is 0 Å². The third-order valence-corrected chi connectivity index (χ3v) is 4.11. The monoisotopic (exact) mass is 339 g/mol. The Morgan fingerprint density at radius 3 is 2.72 bits per heavy atom. The van der Waals surface area contributed by atoms with Gasteiger partial charge in [0.2, 0.25) is 0 Å². The highest BCUT2D eigenvalue weighted by molar-refractivity contribution is 5.95. The van der Waals surface area contributed by atoms with Gasteiger partial charge in [-0.05, 0) is 24.6 Å². The number of benzene rings is 1. The van der Waals surface area contributed by atoms with Crippen LogP contribution in [0.1, 0.15) is 22.8 Å². The highest BCUT2D eigenvalue weighted by atomic mass is 16.5. The fraction of sp³-hybridized carbons (Fsp3) is 0.316. The molecule has 1 saturated heterocycles. The van der Waals surface area contributed by atoms with E-state index in [4.69, 9.17) is 4.74 Å². The van der Waals surface area contributed by atoms with Gasteiger partial charge in [0.15, 0.2) is 5.78 Å². The molecule has 2 aromatic rings. The number of carbonyl (C=O) groups is 2. The Morgan fingerprint density at radius 2 is 2.04 bits per heavy atom. The molecule has 0 unspecified atom stereocenters. The molecule has 130 valence electrons. The van der Waals surface area contributed by atoms with E-state index in [0.29, 0.717) is 24.5 Å². The van der Waals surface area contributed by atoms with Crippen LogP contribution >= 0.6 is 0 Å². The van der Waals surface area contributed by atoms with Crippen LogP contribution in [0.3, 0.4) is 0 Å². The molecule has 1 amide bonds. The first-order valence-corrected chi connectivity index (χ1v) is 8.27. The SMILES string of the molecule is CC(=O)c1ccc(NC(=O)[C@H]2CN(Cc3ccccc3)CCO2)nc1. The maximum Gasteiger partial charge on any atom is 0.255 e. The van der Waals surface area contributed by atoms with Crippen LogP contribution in [-0.2, 0) is 16.1 Å². The Balaban J connectivity index is 1.57. The second kappa shape index (κ2) is 8.00. The van der Waals surface area contributed by atoms with Crippen LogP contribution in [0.5, 0.6) is 0 Å². The van der Waals surface area contributed by atoms with Crippen molar-refractivity contribution in [3.63, 3.8) is 0 Å². The second-order valence-corrected chi connectivity index (χ2v) is 6.06. The molecule has 1 aromatic carbocycles. The Bertz CT molecular complexity index is 731. The summed E-state index contributed by atoms with van der Waals surface area (Å²) in [5, 5.41) is 2.75. The number of aromatic nitrogens is 1. The summed E-state index contributed by atoms with van der Waals surface area (Å²) in [5.41, 5.74) is 1.73. The number of hydrogen-bond acceptors (Lipinski definition) is 5. The van der Waals surface area contributed by atoms with E-state index in [1.165, 1.54) is 18.7 Å². The molecular formula is C19H21N3O3. The summed E-state index contributed by atoms with van der Waals surface area (Å²) in [7, 11) is 0. The number of pyridine rings is 1. The number of amides is 1. The van der Waals surface area contributed by atoms with Crippen molar-refractivity contribution < 1.29 is 14.3 Å². The molecular weight excluding hydrogens is 318 g/mol. The highest BCUT2D eigenvalue weighted by Crippen LogP contribution is 2.13. The standard InChI is InChI=1S/C19H21N3O3/c1-14(23)16-7-8-18(20-11-16)21-19(24)17-13-22(9-10-25-17)12-15-5-3-2-4-6-15/h2-8,11,17H,9-10,12-13H2,1H3,(H,20,21,24)/t17-/m1/s1. The molecule has 2 heterocycles. The average Bonchev–Trinajstić information content (AvgIpc) is 2.63. The number of nitrogens with zero attached hydrogens (tertiary/aromatic N) is 2. The van der Waals surface area contributed by atoms with E-state index >= 15 is 0 Å². The molecule has 6 heteroatoms. The number of ketones is 1. The van der Waals surface area contributed by atoms with Crippen molar-refractivity contribution >= 4 is 17.5 Å². The largest absolute Gasteiger partial charge is 0.366 e. The smallest absolute Gasteiger partial charge is 0.255 e. The fourth-order valence-corrected chi connectivity index (χ4v) is 2.73. The number of ether oxygens (including phenoxy) is 1. The van der Waals surface area contributed by atoms with E-state index < -0.39 is 6.10 Å². The van der Waals surface area contributed by atoms with Crippen molar-refractivity contribution in [2.24, 2.45) is 0 Å². The Morgan fingerprint density at radius 1 is 1.24 bits per heavy atom. The number of nitrogens with one attached hydrogen (secondary N) is 1. The molecule has 1 aliphatic rings. The Kier molecular flexibility index (Phi) is 5.53. The van der Waals surface area contributed by atoms with Crippen LogP contribution in [0.2, 0.25) is 0 Å². The molecule has 25 heavy (non-hydrogen) atoms. The van der Waals surface area contributed by atoms with E-state index in [2.05, 4.69) is 27.3 Å². The van der Waals surface area contributed by atoms with Crippen LogP contribution in [0.25, 0.3) is 0 Å². The topological polar surface area (TPSA) is 71.5 Å². The maximum atomic E-state index is 12.4. The summed E-state index contributed by atoms with van der Waals surface area (Å²) in [6, 6.07) is 13.4. The van der Waals surface area contributed by atoms with Crippen molar-refractivity contribution in [2.45, 2.75) is 19.6 Å². The number of Topliss-reactive ketones (excluding diaryl/α,β-unsaturated/α-hetero) is 1. The third-order valence-electron chi connectivity index (χ3n) is 4.11. The Labute approximate surface area is 146 Å². The zero-order valence-corrected chi connectivity index (χ0v) is 14.1. The van der Waals surface area contributed by atoms with Crippen LogP contribution in [0, 0.1) is 0 Å². The molecule has 6 nitrogen and oxygen atoms in total. The number of morpholine rings is 1. The van der Waals surface area contributed by atoms with Crippen molar-refractivity contribution in [2.75, 3.05) is 25.0 Å². The minimum atomic E-state index is -0.535. The lowest BCUT2D eigenvalue weighted by Crippen LogP contribution is -2.47. The third kappa shape index (κ3) is 4.71. The minimum absolute atomic E-state index is 0.0578. The predicted octanol–water partition coefficient (Wildman–Crippen LogP) is 2.12. The number of carbonyl (C=O) groups excluding carboxylic acids is 2. The summed E-state index contributed by atoms with van der Waals surface area (Å²) in [6.07, 6.45) is 0.924. The van der Waals surface area contributed by atoms with E-state index in [-0.39, 0.29) is 11.7 Å². The molecule has 1 N–H and O–H groups in total. The number of hydrogen-bond donors (Lipinski definition) is 1. The molecule has 0 saturated carbocycles. The first kappa shape index (κ1) is 17.3. The van der Waals surface area contributed by atoms with E-state index in [0.717, 1.165) is 13.1 Å². The molecule has 0 spiro atoms. The first-order valence-electron chi connectivity index (χ1n) is 8.27. The van der Waals surface area contributed by atoms with Crippen molar-refractivity contribution in [3.05, 3.63) is 59.8 Å². The van der Waals surface area contributed by atoms with Crippen molar-refractivity contribution in [3.8, 4) is 0 Å². The van der Waals surface area contributed by atoms with Gasteiger partial charge >= 0.3 is 0 Å². The number of anilines is 1. The minimum Gasteiger partial charge on any atom is -0.366 e. The zero-order chi connectivity index (χ0) is 17.6. The molecule has 0 bridgehead atoms. The summed E-state index contributed by atoms with van der Waals surface area (Å²) in [5.74, 6) is 0.136. The van der Waals surface area contributed by atoms with Gasteiger partial charge in [0, 0.05) is 31.4 Å². The van der Waals surface area contributed by atoms with Gasteiger partial charge in [0.25, 0.3) is 5.91 Å². The van der Waals surface area contributed by atoms with Gasteiger partial charge in [0.05, 0.1) is 6.61 Å². The maximum absolute atomic E-state index is 12.4. The lowest BCUT2D eigenvalue weighted by Gasteiger charge is -2.32. The summed E-state index contributed by atoms with van der Waals surface area (Å²) < 4.78 is 5.61. The number of rotatable bonds is 5. The van der Waals surface area contributed by atoms with Crippen LogP contribution < -0.4 is 5.32 Å². The average molecular weight is 339 g/mol. The predicted molar refractivity (Wildman–Crippen MR) is 94.3 cm³/mol. The quantitative estimate of drug-likeness (QED) is 0.845.